The van der Waals surface area contributed by atoms with Gasteiger partial charge in [-0.1, -0.05) is 11.6 Å². The molecule has 0 bridgehead atoms. The van der Waals surface area contributed by atoms with E-state index in [-0.39, 0.29) is 27.4 Å². The van der Waals surface area contributed by atoms with Gasteiger partial charge in [0.25, 0.3) is 0 Å². The van der Waals surface area contributed by atoms with Crippen LogP contribution in [0.15, 0.2) is 28.2 Å². The summed E-state index contributed by atoms with van der Waals surface area (Å²) in [7, 11) is -1.57. The Balaban J connectivity index is 1.77. The largest absolute Gasteiger partial charge is 0.482 e. The average molecular weight is 396 g/mol. The molecule has 128 valence electrons. The maximum Gasteiger partial charge on any atom is 0.422 e. The summed E-state index contributed by atoms with van der Waals surface area (Å²) in [6.45, 7) is -1.46. The first-order valence-electron chi connectivity index (χ1n) is 6.47. The fraction of sp³-hybridized carbons (Fsp3) is 0.231. The van der Waals surface area contributed by atoms with Crippen LogP contribution in [0.5, 0.6) is 5.75 Å². The monoisotopic (exact) mass is 395 g/mol. The second-order valence-electron chi connectivity index (χ2n) is 4.68. The highest BCUT2D eigenvalue weighted by molar-refractivity contribution is 7.84. The van der Waals surface area contributed by atoms with Crippen LogP contribution in [0.2, 0.25) is 5.02 Å². The van der Waals surface area contributed by atoms with Gasteiger partial charge >= 0.3 is 6.18 Å². The summed E-state index contributed by atoms with van der Waals surface area (Å²) in [5, 5.41) is 3.80. The van der Waals surface area contributed by atoms with Gasteiger partial charge in [-0.05, 0) is 0 Å². The molecule has 0 spiro atoms. The summed E-state index contributed by atoms with van der Waals surface area (Å²) in [5.74, 6) is -0.252. The fourth-order valence-corrected chi connectivity index (χ4v) is 3.89. The van der Waals surface area contributed by atoms with E-state index in [9.17, 15) is 17.4 Å². The Morgan fingerprint density at radius 3 is 2.88 bits per heavy atom. The Morgan fingerprint density at radius 2 is 2.17 bits per heavy atom. The molecule has 0 aliphatic rings. The topological polar surface area (TPSA) is 67.9 Å². The van der Waals surface area contributed by atoms with Gasteiger partial charge in [-0.2, -0.15) is 13.2 Å². The summed E-state index contributed by atoms with van der Waals surface area (Å²) in [5.41, 5.74) is 1.64. The van der Waals surface area contributed by atoms with E-state index in [2.05, 4.69) is 19.7 Å². The van der Waals surface area contributed by atoms with Gasteiger partial charge in [0.2, 0.25) is 0 Å². The molecule has 0 aliphatic heterocycles. The van der Waals surface area contributed by atoms with Crippen LogP contribution in [-0.2, 0) is 16.6 Å². The molecule has 0 fully saturated rings. The SMILES string of the molecule is O=S(Cc1nccc(OCC(F)(F)F)c1Cl)c1nc2cscc2[nH]1. The van der Waals surface area contributed by atoms with Gasteiger partial charge in [0.15, 0.2) is 11.8 Å². The van der Waals surface area contributed by atoms with E-state index < -0.39 is 23.6 Å². The highest BCUT2D eigenvalue weighted by Gasteiger charge is 2.29. The number of aromatic nitrogens is 3. The van der Waals surface area contributed by atoms with Crippen molar-refractivity contribution in [1.82, 2.24) is 15.0 Å². The van der Waals surface area contributed by atoms with Crippen molar-refractivity contribution in [1.29, 1.82) is 0 Å². The second kappa shape index (κ2) is 6.69. The maximum absolute atomic E-state index is 12.4. The number of hydrogen-bond acceptors (Lipinski definition) is 5. The predicted molar refractivity (Wildman–Crippen MR) is 84.9 cm³/mol. The maximum atomic E-state index is 12.4. The standard InChI is InChI=1S/C13H9ClF3N3O2S2/c14-11-9(18-2-1-10(11)22-6-13(15,16)17)5-24(21)12-19-7-3-23-4-8(7)20-12/h1-4H,5-6H2,(H,19,20). The van der Waals surface area contributed by atoms with E-state index in [0.717, 1.165) is 5.52 Å². The molecule has 3 heterocycles. The molecule has 11 heteroatoms. The Labute approximate surface area is 145 Å². The lowest BCUT2D eigenvalue weighted by Gasteiger charge is -2.11. The van der Waals surface area contributed by atoms with Gasteiger partial charge in [0, 0.05) is 23.0 Å². The molecule has 0 amide bonds. The smallest absolute Gasteiger partial charge is 0.422 e. The summed E-state index contributed by atoms with van der Waals surface area (Å²) >= 11 is 7.47. The molecule has 0 saturated heterocycles. The van der Waals surface area contributed by atoms with Crippen LogP contribution >= 0.6 is 22.9 Å². The quantitative estimate of drug-likeness (QED) is 0.711. The Bertz CT molecular complexity index is 866. The number of H-pyrrole nitrogens is 1. The van der Waals surface area contributed by atoms with E-state index >= 15 is 0 Å². The molecular formula is C13H9ClF3N3O2S2. The first-order chi connectivity index (χ1) is 11.3. The first-order valence-corrected chi connectivity index (χ1v) is 9.10. The fourth-order valence-electron chi connectivity index (χ4n) is 1.86. The van der Waals surface area contributed by atoms with Crippen molar-refractivity contribution in [3.8, 4) is 5.75 Å². The molecule has 3 aromatic heterocycles. The van der Waals surface area contributed by atoms with Crippen LogP contribution < -0.4 is 4.74 Å². The van der Waals surface area contributed by atoms with E-state index in [0.29, 0.717) is 5.52 Å². The van der Waals surface area contributed by atoms with E-state index in [1.54, 1.807) is 0 Å². The van der Waals surface area contributed by atoms with E-state index in [1.807, 2.05) is 10.8 Å². The number of halogens is 4. The minimum absolute atomic E-state index is 0.0946. The van der Waals surface area contributed by atoms with Crippen molar-refractivity contribution in [2.75, 3.05) is 6.61 Å². The Hall–Kier alpha value is -1.65. The van der Waals surface area contributed by atoms with Crippen molar-refractivity contribution in [3.05, 3.63) is 33.7 Å². The molecule has 3 aromatic rings. The highest BCUT2D eigenvalue weighted by atomic mass is 35.5. The molecule has 0 radical (unpaired) electrons. The van der Waals surface area contributed by atoms with Crippen LogP contribution in [0.1, 0.15) is 5.69 Å². The number of fused-ring (bicyclic) bond motifs is 1. The number of nitrogens with one attached hydrogen (secondary N) is 1. The number of hydrogen-bond donors (Lipinski definition) is 1. The minimum Gasteiger partial charge on any atom is -0.482 e. The number of aromatic amines is 1. The number of imidazole rings is 1. The zero-order valence-electron chi connectivity index (χ0n) is 11.8. The lowest BCUT2D eigenvalue weighted by Crippen LogP contribution is -2.19. The van der Waals surface area contributed by atoms with Crippen molar-refractivity contribution in [2.45, 2.75) is 17.1 Å². The molecule has 0 aromatic carbocycles. The third kappa shape index (κ3) is 3.87. The molecule has 5 nitrogen and oxygen atoms in total. The lowest BCUT2D eigenvalue weighted by molar-refractivity contribution is -0.153. The summed E-state index contributed by atoms with van der Waals surface area (Å²) < 4.78 is 53.7. The molecule has 0 saturated carbocycles. The average Bonchev–Trinajstić information content (AvgIpc) is 3.08. The molecule has 1 atom stereocenters. The van der Waals surface area contributed by atoms with Gasteiger partial charge in [-0.3, -0.25) is 9.19 Å². The first kappa shape index (κ1) is 17.2. The normalized spacial score (nSPS) is 13.3. The Morgan fingerprint density at radius 1 is 1.38 bits per heavy atom. The van der Waals surface area contributed by atoms with Crippen molar-refractivity contribution >= 4 is 44.8 Å². The lowest BCUT2D eigenvalue weighted by atomic mass is 10.3. The molecular weight excluding hydrogens is 387 g/mol. The Kier molecular flexibility index (Phi) is 4.79. The van der Waals surface area contributed by atoms with E-state index in [1.165, 1.54) is 23.6 Å². The summed E-state index contributed by atoms with van der Waals surface area (Å²) in [6, 6.07) is 1.23. The van der Waals surface area contributed by atoms with Crippen LogP contribution in [0.25, 0.3) is 11.0 Å². The number of ether oxygens (including phenoxy) is 1. The third-order valence-corrected chi connectivity index (χ3v) is 5.20. The van der Waals surface area contributed by atoms with Crippen LogP contribution in [0, 0.1) is 0 Å². The second-order valence-corrected chi connectivity index (χ2v) is 7.16. The van der Waals surface area contributed by atoms with Gasteiger partial charge in [0.05, 0.1) is 27.8 Å². The zero-order valence-corrected chi connectivity index (χ0v) is 14.2. The number of rotatable bonds is 5. The minimum atomic E-state index is -4.48. The molecule has 1 N–H and O–H groups in total. The van der Waals surface area contributed by atoms with Crippen LogP contribution in [-0.4, -0.2) is 31.9 Å². The summed E-state index contributed by atoms with van der Waals surface area (Å²) in [4.78, 5) is 11.1. The predicted octanol–water partition coefficient (Wildman–Crippen LogP) is 3.92. The molecule has 3 rings (SSSR count). The number of thiophene rings is 1. The third-order valence-electron chi connectivity index (χ3n) is 2.91. The van der Waals surface area contributed by atoms with Gasteiger partial charge < -0.3 is 9.72 Å². The molecule has 0 aliphatic carbocycles. The molecule has 24 heavy (non-hydrogen) atoms. The van der Waals surface area contributed by atoms with Gasteiger partial charge in [0.1, 0.15) is 16.3 Å². The summed E-state index contributed by atoms with van der Waals surface area (Å²) in [6.07, 6.45) is -3.22. The van der Waals surface area contributed by atoms with Crippen molar-refractivity contribution < 1.29 is 22.1 Å². The zero-order chi connectivity index (χ0) is 17.3. The number of pyridine rings is 1. The van der Waals surface area contributed by atoms with Crippen molar-refractivity contribution in [2.24, 2.45) is 0 Å². The highest BCUT2D eigenvalue weighted by Crippen LogP contribution is 2.29. The van der Waals surface area contributed by atoms with E-state index in [4.69, 9.17) is 11.6 Å². The van der Waals surface area contributed by atoms with Crippen LogP contribution in [0.3, 0.4) is 0 Å². The number of alkyl halides is 3. The number of nitrogens with zero attached hydrogens (tertiary/aromatic N) is 2. The van der Waals surface area contributed by atoms with Gasteiger partial charge in [-0.25, -0.2) is 4.98 Å². The molecule has 1 unspecified atom stereocenters. The van der Waals surface area contributed by atoms with Crippen LogP contribution in [0.4, 0.5) is 13.2 Å². The van der Waals surface area contributed by atoms with Crippen molar-refractivity contribution in [3.63, 3.8) is 0 Å². The van der Waals surface area contributed by atoms with Gasteiger partial charge in [-0.15, -0.1) is 11.3 Å².